The van der Waals surface area contributed by atoms with Crippen LogP contribution in [0.4, 0.5) is 0 Å². The second-order valence-corrected chi connectivity index (χ2v) is 11.3. The lowest BCUT2D eigenvalue weighted by Crippen LogP contribution is -2.49. The summed E-state index contributed by atoms with van der Waals surface area (Å²) in [6, 6.07) is 21.9. The minimum atomic E-state index is -1.64. The summed E-state index contributed by atoms with van der Waals surface area (Å²) in [7, 11) is -1.64. The van der Waals surface area contributed by atoms with Gasteiger partial charge < -0.3 is 4.42 Å². The van der Waals surface area contributed by atoms with Gasteiger partial charge in [-0.15, -0.1) is 0 Å². The van der Waals surface area contributed by atoms with E-state index < -0.39 is 8.07 Å². The molecule has 1 aromatic heterocycles. The fraction of sp³-hybridized carbons (Fsp3) is 0.0952. The van der Waals surface area contributed by atoms with E-state index >= 15 is 0 Å². The Morgan fingerprint density at radius 2 is 1.58 bits per heavy atom. The lowest BCUT2D eigenvalue weighted by atomic mass is 10.00. The summed E-state index contributed by atoms with van der Waals surface area (Å²) in [6.45, 7) is 4.89. The molecular weight excluding hydrogens is 310 g/mol. The van der Waals surface area contributed by atoms with Gasteiger partial charge in [-0.2, -0.15) is 0 Å². The van der Waals surface area contributed by atoms with Crippen molar-refractivity contribution in [3.8, 4) is 22.3 Å². The molecule has 3 aromatic carbocycles. The van der Waals surface area contributed by atoms with Crippen LogP contribution in [0.3, 0.4) is 0 Å². The zero-order chi connectivity index (χ0) is 16.3. The van der Waals surface area contributed by atoms with E-state index in [-0.39, 0.29) is 0 Å². The van der Waals surface area contributed by atoms with Crippen molar-refractivity contribution < 1.29 is 4.42 Å². The van der Waals surface area contributed by atoms with E-state index in [4.69, 9.17) is 4.42 Å². The molecule has 0 aliphatic carbocycles. The van der Waals surface area contributed by atoms with Crippen molar-refractivity contribution in [1.82, 2.24) is 4.98 Å². The highest BCUT2D eigenvalue weighted by Crippen LogP contribution is 2.33. The maximum absolute atomic E-state index is 5.46. The predicted octanol–water partition coefficient (Wildman–Crippen LogP) is 4.30. The number of rotatable bonds is 1. The Hall–Kier alpha value is -2.65. The predicted molar refractivity (Wildman–Crippen MR) is 102 cm³/mol. The number of aromatic nitrogens is 1. The average molecular weight is 327 g/mol. The van der Waals surface area contributed by atoms with Crippen LogP contribution in [0.25, 0.3) is 33.4 Å². The minimum Gasteiger partial charge on any atom is -0.443 e. The molecule has 2 nitrogen and oxygen atoms in total. The zero-order valence-electron chi connectivity index (χ0n) is 13.7. The number of para-hydroxylation sites is 1. The van der Waals surface area contributed by atoms with Gasteiger partial charge in [0.05, 0.1) is 0 Å². The van der Waals surface area contributed by atoms with Gasteiger partial charge in [0.2, 0.25) is 0 Å². The Morgan fingerprint density at radius 1 is 0.792 bits per heavy atom. The van der Waals surface area contributed by atoms with Gasteiger partial charge in [0, 0.05) is 5.56 Å². The van der Waals surface area contributed by atoms with Crippen LogP contribution in [0.15, 0.2) is 71.5 Å². The fourth-order valence-corrected chi connectivity index (χ4v) is 7.09. The quantitative estimate of drug-likeness (QED) is 0.487. The van der Waals surface area contributed by atoms with Crippen LogP contribution >= 0.6 is 0 Å². The number of hydrogen-bond acceptors (Lipinski definition) is 2. The first-order valence-corrected chi connectivity index (χ1v) is 11.2. The molecule has 4 aromatic rings. The summed E-state index contributed by atoms with van der Waals surface area (Å²) in [4.78, 5) is 4.41. The molecule has 5 rings (SSSR count). The molecule has 0 N–H and O–H groups in total. The van der Waals surface area contributed by atoms with E-state index in [0.29, 0.717) is 0 Å². The van der Waals surface area contributed by atoms with Gasteiger partial charge >= 0.3 is 0 Å². The van der Waals surface area contributed by atoms with E-state index in [1.807, 2.05) is 12.1 Å². The highest BCUT2D eigenvalue weighted by molar-refractivity contribution is 7.03. The molecule has 1 aliphatic rings. The Kier molecular flexibility index (Phi) is 2.68. The summed E-state index contributed by atoms with van der Waals surface area (Å²) >= 11 is 0. The fourth-order valence-electron chi connectivity index (χ4n) is 3.99. The summed E-state index contributed by atoms with van der Waals surface area (Å²) in [5, 5.41) is 3.05. The standard InChI is InChI=1S/C21H17NOSi/c1-24(2)19-9-4-3-6-16(19)17-11-10-14(12-20(17)24)15-7-5-8-18-21(15)22-13-23-18/h3-13H,1-2H3. The van der Waals surface area contributed by atoms with Crippen molar-refractivity contribution in [2.45, 2.75) is 13.1 Å². The van der Waals surface area contributed by atoms with Crippen molar-refractivity contribution in [1.29, 1.82) is 0 Å². The van der Waals surface area contributed by atoms with Crippen LogP contribution in [-0.2, 0) is 0 Å². The molecule has 0 unspecified atom stereocenters. The third-order valence-electron chi connectivity index (χ3n) is 5.25. The smallest absolute Gasteiger partial charge is 0.182 e. The van der Waals surface area contributed by atoms with Crippen LogP contribution in [0, 0.1) is 0 Å². The van der Waals surface area contributed by atoms with Crippen molar-refractivity contribution >= 4 is 29.5 Å². The Balaban J connectivity index is 1.76. The third kappa shape index (κ3) is 1.73. The molecule has 0 saturated heterocycles. The molecule has 2 heterocycles. The third-order valence-corrected chi connectivity index (χ3v) is 8.80. The van der Waals surface area contributed by atoms with Crippen molar-refractivity contribution in [2.24, 2.45) is 0 Å². The van der Waals surface area contributed by atoms with Crippen LogP contribution in [0.1, 0.15) is 0 Å². The summed E-state index contributed by atoms with van der Waals surface area (Å²) in [5.74, 6) is 0. The van der Waals surface area contributed by atoms with Gasteiger partial charge in [-0.25, -0.2) is 4.98 Å². The van der Waals surface area contributed by atoms with Gasteiger partial charge in [0.25, 0.3) is 0 Å². The maximum atomic E-state index is 5.46. The Bertz CT molecular complexity index is 1090. The number of hydrogen-bond donors (Lipinski definition) is 0. The van der Waals surface area contributed by atoms with Gasteiger partial charge in [-0.05, 0) is 33.1 Å². The molecule has 0 radical (unpaired) electrons. The van der Waals surface area contributed by atoms with Crippen molar-refractivity contribution in [3.63, 3.8) is 0 Å². The average Bonchev–Trinajstić information content (AvgIpc) is 3.17. The lowest BCUT2D eigenvalue weighted by Gasteiger charge is -2.19. The monoisotopic (exact) mass is 327 g/mol. The minimum absolute atomic E-state index is 0.841. The summed E-state index contributed by atoms with van der Waals surface area (Å²) in [5.41, 5.74) is 6.96. The summed E-state index contributed by atoms with van der Waals surface area (Å²) < 4.78 is 5.46. The first-order valence-electron chi connectivity index (χ1n) is 8.23. The van der Waals surface area contributed by atoms with Crippen LogP contribution in [-0.4, -0.2) is 13.1 Å². The molecule has 116 valence electrons. The van der Waals surface area contributed by atoms with E-state index in [9.17, 15) is 0 Å². The van der Waals surface area contributed by atoms with E-state index in [1.165, 1.54) is 33.5 Å². The molecule has 1 aliphatic heterocycles. The number of oxazole rings is 1. The molecule has 0 spiro atoms. The molecule has 3 heteroatoms. The Labute approximate surface area is 141 Å². The number of fused-ring (bicyclic) bond motifs is 4. The lowest BCUT2D eigenvalue weighted by molar-refractivity contribution is 0.602. The van der Waals surface area contributed by atoms with Gasteiger partial charge in [0.1, 0.15) is 13.6 Å². The topological polar surface area (TPSA) is 26.0 Å². The number of benzene rings is 3. The zero-order valence-corrected chi connectivity index (χ0v) is 14.7. The van der Waals surface area contributed by atoms with Gasteiger partial charge in [0.15, 0.2) is 12.0 Å². The maximum Gasteiger partial charge on any atom is 0.182 e. The van der Waals surface area contributed by atoms with E-state index in [0.717, 1.165) is 16.7 Å². The van der Waals surface area contributed by atoms with Gasteiger partial charge in [-0.1, -0.05) is 67.7 Å². The highest BCUT2D eigenvalue weighted by atomic mass is 28.3. The van der Waals surface area contributed by atoms with Crippen molar-refractivity contribution in [3.05, 3.63) is 67.1 Å². The summed E-state index contributed by atoms with van der Waals surface area (Å²) in [6.07, 6.45) is 1.52. The number of nitrogens with zero attached hydrogens (tertiary/aromatic N) is 1. The van der Waals surface area contributed by atoms with Crippen LogP contribution < -0.4 is 10.4 Å². The SMILES string of the molecule is C[Si]1(C)c2ccccc2-c2ccc(-c3cccc4ocnc34)cc21. The second-order valence-electron chi connectivity index (χ2n) is 6.94. The van der Waals surface area contributed by atoms with Crippen LogP contribution in [0.5, 0.6) is 0 Å². The first-order chi connectivity index (χ1) is 11.7. The molecule has 24 heavy (non-hydrogen) atoms. The largest absolute Gasteiger partial charge is 0.443 e. The molecule has 0 atom stereocenters. The molecular formula is C21H17NOSi. The molecule has 0 saturated carbocycles. The van der Waals surface area contributed by atoms with Crippen molar-refractivity contribution in [2.75, 3.05) is 0 Å². The van der Waals surface area contributed by atoms with E-state index in [2.05, 4.69) is 66.6 Å². The molecule has 0 bridgehead atoms. The Morgan fingerprint density at radius 3 is 2.50 bits per heavy atom. The first kappa shape index (κ1) is 13.8. The van der Waals surface area contributed by atoms with Gasteiger partial charge in [-0.3, -0.25) is 0 Å². The highest BCUT2D eigenvalue weighted by Gasteiger charge is 2.37. The van der Waals surface area contributed by atoms with Crippen LogP contribution in [0.2, 0.25) is 13.1 Å². The molecule has 0 fully saturated rings. The molecule has 0 amide bonds. The second kappa shape index (κ2) is 4.68. The van der Waals surface area contributed by atoms with E-state index in [1.54, 1.807) is 0 Å². The normalized spacial score (nSPS) is 14.6.